The van der Waals surface area contributed by atoms with Gasteiger partial charge in [0.15, 0.2) is 0 Å². The zero-order valence-electron chi connectivity index (χ0n) is 38.9. The number of aliphatic imine (C=N–C) groups is 1. The Morgan fingerprint density at radius 2 is 1.12 bits per heavy atom. The van der Waals surface area contributed by atoms with Crippen molar-refractivity contribution < 1.29 is 4.42 Å². The minimum atomic E-state index is 0.0532. The van der Waals surface area contributed by atoms with Gasteiger partial charge in [-0.05, 0) is 107 Å². The third-order valence-corrected chi connectivity index (χ3v) is 14.7. The van der Waals surface area contributed by atoms with E-state index in [9.17, 15) is 0 Å². The number of benzene rings is 9. The predicted octanol–water partition coefficient (Wildman–Crippen LogP) is 17.4. The second-order valence-electron chi connectivity index (χ2n) is 18.6. The van der Waals surface area contributed by atoms with Crippen LogP contribution in [0.15, 0.2) is 233 Å². The van der Waals surface area contributed by atoms with E-state index >= 15 is 0 Å². The van der Waals surface area contributed by atoms with E-state index in [1.54, 1.807) is 0 Å². The summed E-state index contributed by atoms with van der Waals surface area (Å²) < 4.78 is 11.6. The van der Waals surface area contributed by atoms with Crippen LogP contribution in [0.3, 0.4) is 0 Å². The molecule has 3 aromatic heterocycles. The lowest BCUT2D eigenvalue weighted by Gasteiger charge is -2.27. The first-order valence-corrected chi connectivity index (χ1v) is 24.2. The molecule has 12 aromatic rings. The first-order valence-electron chi connectivity index (χ1n) is 24.2. The third kappa shape index (κ3) is 6.54. The summed E-state index contributed by atoms with van der Waals surface area (Å²) in [7, 11) is 0. The molecule has 0 bridgehead atoms. The molecule has 0 aliphatic carbocycles. The summed E-state index contributed by atoms with van der Waals surface area (Å²) in [5.41, 5.74) is 19.1. The monoisotopic (exact) mass is 887 g/mol. The summed E-state index contributed by atoms with van der Waals surface area (Å²) in [6, 6.07) is 76.8. The zero-order chi connectivity index (χ0) is 46.2. The molecule has 0 saturated heterocycles. The van der Waals surface area contributed by atoms with E-state index in [-0.39, 0.29) is 11.8 Å². The van der Waals surface area contributed by atoms with Crippen molar-refractivity contribution in [3.8, 4) is 22.5 Å². The molecule has 69 heavy (non-hydrogen) atoms. The van der Waals surface area contributed by atoms with Crippen LogP contribution in [0.4, 0.5) is 0 Å². The molecule has 4 heterocycles. The highest BCUT2D eigenvalue weighted by Gasteiger charge is 2.27. The fourth-order valence-corrected chi connectivity index (χ4v) is 11.3. The first-order chi connectivity index (χ1) is 34.0. The Morgan fingerprint density at radius 3 is 1.88 bits per heavy atom. The highest BCUT2D eigenvalue weighted by atomic mass is 16.3. The molecule has 1 aliphatic rings. The molecule has 13 rings (SSSR count). The number of furan rings is 1. The average Bonchev–Trinajstić information content (AvgIpc) is 4.07. The van der Waals surface area contributed by atoms with E-state index in [2.05, 4.69) is 248 Å². The maximum Gasteiger partial charge on any atom is 0.136 e. The molecule has 4 nitrogen and oxygen atoms in total. The van der Waals surface area contributed by atoms with Crippen LogP contribution >= 0.6 is 0 Å². The van der Waals surface area contributed by atoms with Crippen molar-refractivity contribution in [2.45, 2.75) is 27.2 Å². The van der Waals surface area contributed by atoms with Crippen LogP contribution in [0.2, 0.25) is 0 Å². The number of aromatic nitrogens is 2. The Kier molecular flexibility index (Phi) is 9.69. The van der Waals surface area contributed by atoms with Crippen LogP contribution in [0.1, 0.15) is 43.9 Å². The van der Waals surface area contributed by atoms with Gasteiger partial charge in [-0.15, -0.1) is 0 Å². The summed E-state index contributed by atoms with van der Waals surface area (Å²) in [6.07, 6.45) is 3.39. The topological polar surface area (TPSA) is 35.4 Å². The minimum Gasteiger partial charge on any atom is -0.456 e. The second kappa shape index (κ2) is 16.4. The number of hydrogen-bond donors (Lipinski definition) is 0. The zero-order valence-corrected chi connectivity index (χ0v) is 38.9. The predicted molar refractivity (Wildman–Crippen MR) is 291 cm³/mol. The van der Waals surface area contributed by atoms with E-state index in [0.29, 0.717) is 0 Å². The van der Waals surface area contributed by atoms with Crippen molar-refractivity contribution in [3.05, 3.63) is 241 Å². The number of nitrogens with zero attached hydrogens (tertiary/aromatic N) is 3. The molecule has 0 fully saturated rings. The molecule has 0 saturated carbocycles. The number of allylic oxidation sites excluding steroid dienone is 3. The Bertz CT molecular complexity index is 4070. The Labute approximate surface area is 401 Å². The Morgan fingerprint density at radius 1 is 0.478 bits per heavy atom. The van der Waals surface area contributed by atoms with Gasteiger partial charge in [0.1, 0.15) is 11.2 Å². The average molecular weight is 888 g/mol. The third-order valence-electron chi connectivity index (χ3n) is 14.7. The molecule has 4 heteroatoms. The molecule has 2 unspecified atom stereocenters. The van der Waals surface area contributed by atoms with Gasteiger partial charge in [-0.2, -0.15) is 0 Å². The lowest BCUT2D eigenvalue weighted by Crippen LogP contribution is -2.18. The van der Waals surface area contributed by atoms with Crippen LogP contribution in [0, 0.1) is 11.8 Å². The number of rotatable bonds is 7. The molecule has 1 aliphatic heterocycles. The number of para-hydroxylation sites is 3. The van der Waals surface area contributed by atoms with Gasteiger partial charge < -0.3 is 13.6 Å². The van der Waals surface area contributed by atoms with Crippen molar-refractivity contribution in [2.75, 3.05) is 0 Å². The van der Waals surface area contributed by atoms with Gasteiger partial charge in [0.25, 0.3) is 0 Å². The van der Waals surface area contributed by atoms with Crippen LogP contribution in [-0.4, -0.2) is 14.8 Å². The first kappa shape index (κ1) is 40.8. The summed E-state index contributed by atoms with van der Waals surface area (Å²) in [6.45, 7) is 6.92. The standard InChI is InChI=1S/C65H49N3O/c1-4-43-39-55(46-34-35-54-60(40-46)69-59-33-19-30-50(61(54)59)44-20-8-5-9-21-44)41(2)42(3)63(66-64(43)45-22-10-6-11-23-45)47-24-18-27-49(38-47)68-56-31-16-14-28-51(56)52-36-37-58-62(65(52)68)53-29-15-17-32-57(53)67(58)48-25-12-7-13-26-48/h5-41,43H,4H2,1-3H3/b55-39+,63-42-,66-64?. The van der Waals surface area contributed by atoms with Gasteiger partial charge >= 0.3 is 0 Å². The van der Waals surface area contributed by atoms with Gasteiger partial charge in [0.05, 0.1) is 33.5 Å². The molecule has 0 spiro atoms. The van der Waals surface area contributed by atoms with E-state index < -0.39 is 0 Å². The van der Waals surface area contributed by atoms with E-state index in [1.807, 2.05) is 0 Å². The quantitative estimate of drug-likeness (QED) is 0.157. The molecule has 2 atom stereocenters. The van der Waals surface area contributed by atoms with E-state index in [4.69, 9.17) is 9.41 Å². The number of hydrogen-bond acceptors (Lipinski definition) is 2. The Balaban J connectivity index is 1.01. The summed E-state index contributed by atoms with van der Waals surface area (Å²) in [5.74, 6) is 0.122. The van der Waals surface area contributed by atoms with Crippen molar-refractivity contribution in [2.24, 2.45) is 16.8 Å². The normalized spacial score (nSPS) is 17.4. The lowest BCUT2D eigenvalue weighted by atomic mass is 9.81. The molecule has 0 N–H and O–H groups in total. The van der Waals surface area contributed by atoms with E-state index in [0.717, 1.165) is 62.3 Å². The molecule has 330 valence electrons. The largest absolute Gasteiger partial charge is 0.456 e. The van der Waals surface area contributed by atoms with Crippen molar-refractivity contribution in [3.63, 3.8) is 0 Å². The van der Waals surface area contributed by atoms with Gasteiger partial charge in [0.2, 0.25) is 0 Å². The molecular weight excluding hydrogens is 839 g/mol. The lowest BCUT2D eigenvalue weighted by molar-refractivity contribution is 0.668. The van der Waals surface area contributed by atoms with Gasteiger partial charge in [-0.1, -0.05) is 172 Å². The van der Waals surface area contributed by atoms with Crippen LogP contribution in [0.5, 0.6) is 0 Å². The maximum atomic E-state index is 6.72. The van der Waals surface area contributed by atoms with Crippen LogP contribution in [-0.2, 0) is 0 Å². The summed E-state index contributed by atoms with van der Waals surface area (Å²) in [5, 5.41) is 7.22. The second-order valence-corrected chi connectivity index (χ2v) is 18.6. The Hall–Kier alpha value is -8.47. The van der Waals surface area contributed by atoms with Gasteiger partial charge in [-0.25, -0.2) is 0 Å². The summed E-state index contributed by atoms with van der Waals surface area (Å²) in [4.78, 5) is 5.80. The van der Waals surface area contributed by atoms with Crippen molar-refractivity contribution in [1.29, 1.82) is 0 Å². The fraction of sp³-hybridized carbons (Fsp3) is 0.0923. The minimum absolute atomic E-state index is 0.0532. The smallest absolute Gasteiger partial charge is 0.136 e. The van der Waals surface area contributed by atoms with Crippen molar-refractivity contribution in [1.82, 2.24) is 9.13 Å². The molecular formula is C65H49N3O. The van der Waals surface area contributed by atoms with Crippen LogP contribution < -0.4 is 0 Å². The molecule has 9 aromatic carbocycles. The van der Waals surface area contributed by atoms with Crippen LogP contribution in [0.25, 0.3) is 99.3 Å². The molecule has 0 radical (unpaired) electrons. The van der Waals surface area contributed by atoms with Gasteiger partial charge in [-0.3, -0.25) is 4.99 Å². The maximum absolute atomic E-state index is 6.72. The SMILES string of the molecule is CCC1/C=C(/c2ccc3c(c2)oc2cccc(-c4ccccc4)c23)C(C)/C(C)=C(/c2cccc(-n3c4ccccc4c4ccc5c(c6ccccc6n5-c5ccccc5)c43)c2)N=C1c1ccccc1. The van der Waals surface area contributed by atoms with E-state index in [1.165, 1.54) is 71.4 Å². The summed E-state index contributed by atoms with van der Waals surface area (Å²) >= 11 is 0. The molecule has 0 amide bonds. The highest BCUT2D eigenvalue weighted by Crippen LogP contribution is 2.45. The van der Waals surface area contributed by atoms with Gasteiger partial charge in [0, 0.05) is 61.1 Å². The number of fused-ring (bicyclic) bond motifs is 10. The highest BCUT2D eigenvalue weighted by molar-refractivity contribution is 6.26. The fourth-order valence-electron chi connectivity index (χ4n) is 11.3. The van der Waals surface area contributed by atoms with Crippen molar-refractivity contribution >= 4 is 82.5 Å².